The van der Waals surface area contributed by atoms with Crippen LogP contribution in [0.5, 0.6) is 0 Å². The fraction of sp³-hybridized carbons (Fsp3) is 0.500. The van der Waals surface area contributed by atoms with Gasteiger partial charge in [-0.3, -0.25) is 9.59 Å². The molecule has 20 heavy (non-hydrogen) atoms. The van der Waals surface area contributed by atoms with E-state index in [0.717, 1.165) is 5.56 Å². The SMILES string of the molecule is CCOC(=O)CCC(=O)N(C)Cc1ccc(C)cc1C. The quantitative estimate of drug-likeness (QED) is 0.751. The van der Waals surface area contributed by atoms with Crippen LogP contribution in [0.4, 0.5) is 0 Å². The minimum absolute atomic E-state index is 0.0435. The van der Waals surface area contributed by atoms with Crippen molar-refractivity contribution in [3.63, 3.8) is 0 Å². The highest BCUT2D eigenvalue weighted by Crippen LogP contribution is 2.13. The summed E-state index contributed by atoms with van der Waals surface area (Å²) in [5.74, 6) is -0.362. The number of carbonyl (C=O) groups is 2. The topological polar surface area (TPSA) is 46.6 Å². The Morgan fingerprint density at radius 2 is 1.90 bits per heavy atom. The zero-order valence-electron chi connectivity index (χ0n) is 12.7. The van der Waals surface area contributed by atoms with Gasteiger partial charge in [0.1, 0.15) is 0 Å². The van der Waals surface area contributed by atoms with Crippen molar-refractivity contribution < 1.29 is 14.3 Å². The van der Waals surface area contributed by atoms with E-state index in [4.69, 9.17) is 4.74 Å². The zero-order valence-corrected chi connectivity index (χ0v) is 12.7. The van der Waals surface area contributed by atoms with Gasteiger partial charge in [-0.05, 0) is 31.9 Å². The van der Waals surface area contributed by atoms with E-state index in [1.165, 1.54) is 11.1 Å². The van der Waals surface area contributed by atoms with Gasteiger partial charge in [0.25, 0.3) is 0 Å². The summed E-state index contributed by atoms with van der Waals surface area (Å²) in [5.41, 5.74) is 3.51. The molecule has 0 aliphatic carbocycles. The van der Waals surface area contributed by atoms with E-state index >= 15 is 0 Å². The summed E-state index contributed by atoms with van der Waals surface area (Å²) in [5, 5.41) is 0. The lowest BCUT2D eigenvalue weighted by Gasteiger charge is -2.18. The normalized spacial score (nSPS) is 10.2. The molecule has 0 aromatic heterocycles. The molecule has 0 fully saturated rings. The number of carbonyl (C=O) groups excluding carboxylic acids is 2. The fourth-order valence-electron chi connectivity index (χ4n) is 2.00. The second-order valence-corrected chi connectivity index (χ2v) is 4.98. The first-order chi connectivity index (χ1) is 9.43. The summed E-state index contributed by atoms with van der Waals surface area (Å²) >= 11 is 0. The van der Waals surface area contributed by atoms with Gasteiger partial charge in [0, 0.05) is 20.0 Å². The molecule has 0 spiro atoms. The Labute approximate surface area is 120 Å². The Morgan fingerprint density at radius 3 is 2.50 bits per heavy atom. The summed E-state index contributed by atoms with van der Waals surface area (Å²) in [4.78, 5) is 24.8. The van der Waals surface area contributed by atoms with Crippen molar-refractivity contribution in [2.45, 2.75) is 40.2 Å². The molecule has 1 rings (SSSR count). The molecule has 1 amide bonds. The molecule has 1 aromatic carbocycles. The smallest absolute Gasteiger partial charge is 0.306 e. The van der Waals surface area contributed by atoms with E-state index in [0.29, 0.717) is 13.2 Å². The first-order valence-electron chi connectivity index (χ1n) is 6.89. The van der Waals surface area contributed by atoms with E-state index in [2.05, 4.69) is 6.07 Å². The van der Waals surface area contributed by atoms with Crippen LogP contribution in [-0.2, 0) is 20.9 Å². The van der Waals surface area contributed by atoms with E-state index < -0.39 is 0 Å². The van der Waals surface area contributed by atoms with Crippen molar-refractivity contribution in [3.8, 4) is 0 Å². The Kier molecular flexibility index (Phi) is 6.22. The highest BCUT2D eigenvalue weighted by Gasteiger charge is 2.13. The third-order valence-corrected chi connectivity index (χ3v) is 3.18. The second-order valence-electron chi connectivity index (χ2n) is 4.98. The molecule has 0 atom stereocenters. The van der Waals surface area contributed by atoms with Gasteiger partial charge in [-0.1, -0.05) is 23.8 Å². The number of hydrogen-bond donors (Lipinski definition) is 0. The molecule has 0 unspecified atom stereocenters. The predicted octanol–water partition coefficient (Wildman–Crippen LogP) is 2.61. The number of nitrogens with zero attached hydrogens (tertiary/aromatic N) is 1. The minimum atomic E-state index is -0.319. The van der Waals surface area contributed by atoms with Crippen LogP contribution in [0.15, 0.2) is 18.2 Å². The zero-order chi connectivity index (χ0) is 15.1. The van der Waals surface area contributed by atoms with Crippen LogP contribution in [0, 0.1) is 13.8 Å². The van der Waals surface area contributed by atoms with Crippen LogP contribution in [0.25, 0.3) is 0 Å². The van der Waals surface area contributed by atoms with Crippen LogP contribution in [0.2, 0.25) is 0 Å². The molecule has 0 aliphatic heterocycles. The van der Waals surface area contributed by atoms with E-state index in [-0.39, 0.29) is 24.7 Å². The Balaban J connectivity index is 2.51. The first-order valence-corrected chi connectivity index (χ1v) is 6.89. The minimum Gasteiger partial charge on any atom is -0.466 e. The lowest BCUT2D eigenvalue weighted by molar-refractivity contribution is -0.145. The summed E-state index contributed by atoms with van der Waals surface area (Å²) in [7, 11) is 1.76. The van der Waals surface area contributed by atoms with Gasteiger partial charge in [0.15, 0.2) is 0 Å². The maximum Gasteiger partial charge on any atom is 0.306 e. The molecular formula is C16H23NO3. The van der Waals surface area contributed by atoms with Gasteiger partial charge in [-0.15, -0.1) is 0 Å². The highest BCUT2D eigenvalue weighted by atomic mass is 16.5. The molecule has 4 nitrogen and oxygen atoms in total. The van der Waals surface area contributed by atoms with Crippen LogP contribution < -0.4 is 0 Å². The second kappa shape index (κ2) is 7.68. The van der Waals surface area contributed by atoms with Crippen molar-refractivity contribution in [2.24, 2.45) is 0 Å². The summed E-state index contributed by atoms with van der Waals surface area (Å²) in [6, 6.07) is 6.19. The van der Waals surface area contributed by atoms with Gasteiger partial charge in [-0.25, -0.2) is 0 Å². The number of amides is 1. The third-order valence-electron chi connectivity index (χ3n) is 3.18. The van der Waals surface area contributed by atoms with E-state index in [1.54, 1.807) is 18.9 Å². The molecule has 0 N–H and O–H groups in total. The van der Waals surface area contributed by atoms with Crippen molar-refractivity contribution in [1.82, 2.24) is 4.90 Å². The van der Waals surface area contributed by atoms with Gasteiger partial charge in [0.2, 0.25) is 5.91 Å². The average Bonchev–Trinajstić information content (AvgIpc) is 2.39. The molecule has 4 heteroatoms. The maximum atomic E-state index is 12.0. The van der Waals surface area contributed by atoms with Crippen molar-refractivity contribution in [2.75, 3.05) is 13.7 Å². The number of aryl methyl sites for hydroxylation is 2. The van der Waals surface area contributed by atoms with Gasteiger partial charge >= 0.3 is 5.97 Å². The predicted molar refractivity (Wildman–Crippen MR) is 78.3 cm³/mol. The Bertz CT molecular complexity index is 483. The maximum absolute atomic E-state index is 12.0. The molecule has 110 valence electrons. The molecule has 0 radical (unpaired) electrons. The number of rotatable bonds is 6. The molecular weight excluding hydrogens is 254 g/mol. The standard InChI is InChI=1S/C16H23NO3/c1-5-20-16(19)9-8-15(18)17(4)11-14-7-6-12(2)10-13(14)3/h6-7,10H,5,8-9,11H2,1-4H3. The number of esters is 1. The van der Waals surface area contributed by atoms with Crippen LogP contribution in [0.1, 0.15) is 36.5 Å². The monoisotopic (exact) mass is 277 g/mol. The number of benzene rings is 1. The molecule has 0 bridgehead atoms. The third kappa shape index (κ3) is 5.03. The molecule has 0 saturated heterocycles. The first kappa shape index (κ1) is 16.2. The van der Waals surface area contributed by atoms with Crippen LogP contribution >= 0.6 is 0 Å². The Hall–Kier alpha value is -1.84. The van der Waals surface area contributed by atoms with E-state index in [9.17, 15) is 9.59 Å². The number of ether oxygens (including phenoxy) is 1. The molecule has 0 aliphatic rings. The molecule has 1 aromatic rings. The number of hydrogen-bond acceptors (Lipinski definition) is 3. The largest absolute Gasteiger partial charge is 0.466 e. The lowest BCUT2D eigenvalue weighted by atomic mass is 10.1. The summed E-state index contributed by atoms with van der Waals surface area (Å²) < 4.78 is 4.81. The molecule has 0 saturated carbocycles. The fourth-order valence-corrected chi connectivity index (χ4v) is 2.00. The summed E-state index contributed by atoms with van der Waals surface area (Å²) in [6.45, 7) is 6.76. The van der Waals surface area contributed by atoms with Crippen LogP contribution in [0.3, 0.4) is 0 Å². The highest BCUT2D eigenvalue weighted by molar-refractivity contribution is 5.81. The van der Waals surface area contributed by atoms with Crippen molar-refractivity contribution in [1.29, 1.82) is 0 Å². The van der Waals surface area contributed by atoms with Gasteiger partial charge in [-0.2, -0.15) is 0 Å². The van der Waals surface area contributed by atoms with E-state index in [1.807, 2.05) is 26.0 Å². The van der Waals surface area contributed by atoms with Gasteiger partial charge in [0.05, 0.1) is 13.0 Å². The molecule has 0 heterocycles. The summed E-state index contributed by atoms with van der Waals surface area (Å²) in [6.07, 6.45) is 0.337. The van der Waals surface area contributed by atoms with Crippen molar-refractivity contribution in [3.05, 3.63) is 34.9 Å². The van der Waals surface area contributed by atoms with Crippen molar-refractivity contribution >= 4 is 11.9 Å². The lowest BCUT2D eigenvalue weighted by Crippen LogP contribution is -2.27. The van der Waals surface area contributed by atoms with Crippen LogP contribution in [-0.4, -0.2) is 30.4 Å². The average molecular weight is 277 g/mol. The Morgan fingerprint density at radius 1 is 1.20 bits per heavy atom. The van der Waals surface area contributed by atoms with Gasteiger partial charge < -0.3 is 9.64 Å².